The molecular weight excluding hydrogens is 1300 g/mol. The van der Waals surface area contributed by atoms with Gasteiger partial charge in [-0.15, -0.1) is 0 Å². The summed E-state index contributed by atoms with van der Waals surface area (Å²) in [6.07, 6.45) is 18.4. The van der Waals surface area contributed by atoms with Gasteiger partial charge in [-0.25, -0.2) is 0 Å². The van der Waals surface area contributed by atoms with Crippen molar-refractivity contribution in [2.24, 2.45) is 0 Å². The standard InChI is InChI=1S/C20H22.C19H20.C18H18.C18H20.C17H18.C16H16/c1-11-7-13-17-14(8-11)20(5,6)16-10-12(2)9-15(18(16)17)19(13,3)4;1-11-7-13-5-6-14-8-12(2)10-16-18(14)17(13)15(9-11)19(16,3)4;1-11-7-13-3-5-15-9-12(2)10-16-6-4-14(8-11)17(13)18(15)16;1-13-7-9-17-15(11-13)5-3-4-6-16-12-14(2)8-10-18(16)17;1-12-6-8-16-14(10-12)4-3-5-15-11-13(2)7-9-17(15)16;1-11-3-7-15-13(9-11)5-6-14-10-12(2)4-8-16(14)15/h7-10H,1-6H3;7-10H,5-6H2,1-4H3;7-10H,3-6H2,1-2H3;7-12H,3-6H2,1-2H3;6-11H,3-5H2,1-2H3;3-4,7-10H,5-6H2,1-2H3. The van der Waals surface area contributed by atoms with Crippen LogP contribution in [0.2, 0.25) is 0 Å². The molecule has 21 rings (SSSR count). The lowest BCUT2D eigenvalue weighted by Crippen LogP contribution is -2.21. The van der Waals surface area contributed by atoms with Gasteiger partial charge in [0.05, 0.1) is 0 Å². The Balaban J connectivity index is 0.0000000990. The molecule has 9 aliphatic rings. The van der Waals surface area contributed by atoms with Crippen LogP contribution in [-0.4, -0.2) is 0 Å². The molecule has 0 N–H and O–H groups in total. The lowest BCUT2D eigenvalue weighted by atomic mass is 9.74. The predicted octanol–water partition coefficient (Wildman–Crippen LogP) is 27.5. The fourth-order valence-corrected chi connectivity index (χ4v) is 20.9. The zero-order valence-corrected chi connectivity index (χ0v) is 68.4. The van der Waals surface area contributed by atoms with Crippen LogP contribution in [-0.2, 0) is 93.3 Å². The van der Waals surface area contributed by atoms with Crippen LogP contribution < -0.4 is 0 Å². The van der Waals surface area contributed by atoms with Crippen LogP contribution >= 0.6 is 0 Å². The third kappa shape index (κ3) is 13.3. The van der Waals surface area contributed by atoms with Crippen LogP contribution in [0.3, 0.4) is 0 Å². The SMILES string of the molecule is Cc1cc2c3c(c1)C(C)(C)c1cc(C)cc(c1-3)C2(C)C.Cc1cc2c3c(c1)C(C)(C)c1cc(C)cc(c1-3)CC2.Cc1cc2c3c(c1)CCc1cc(C)cc(c1-3)CC2.Cc1ccc2c(c1)CCCCc1cc(C)ccc1-2.Cc1ccc2c(c1)CCCc1cc(C)ccc1-2.Cc1ccc2c(c1)CCc1cc(C)ccc1-2. The van der Waals surface area contributed by atoms with Crippen molar-refractivity contribution < 1.29 is 0 Å². The molecule has 0 atom stereocenters. The molecule has 12 aromatic carbocycles. The summed E-state index contributed by atoms with van der Waals surface area (Å²) in [4.78, 5) is 0. The first kappa shape index (κ1) is 72.8. The van der Waals surface area contributed by atoms with E-state index in [-0.39, 0.29) is 16.2 Å². The van der Waals surface area contributed by atoms with Gasteiger partial charge in [-0.05, 0) is 346 Å². The van der Waals surface area contributed by atoms with Crippen molar-refractivity contribution in [2.75, 3.05) is 0 Å². The minimum absolute atomic E-state index is 0.142. The Morgan fingerprint density at radius 3 is 0.565 bits per heavy atom. The van der Waals surface area contributed by atoms with E-state index in [1.54, 1.807) is 66.8 Å². The summed E-state index contributed by atoms with van der Waals surface area (Å²) in [6, 6.07) is 70.0. The van der Waals surface area contributed by atoms with Crippen LogP contribution in [0.15, 0.2) is 182 Å². The van der Waals surface area contributed by atoms with Crippen LogP contribution in [0.1, 0.15) is 228 Å². The number of fused-ring (bicyclic) bond motifs is 9. The first-order valence-electron chi connectivity index (χ1n) is 41.1. The predicted molar refractivity (Wildman–Crippen MR) is 463 cm³/mol. The number of hydrogen-bond donors (Lipinski definition) is 0. The largest absolute Gasteiger partial charge is 0.0587 e. The normalized spacial score (nSPS) is 15.7. The number of hydrogen-bond acceptors (Lipinski definition) is 0. The highest BCUT2D eigenvalue weighted by Gasteiger charge is 2.47. The van der Waals surface area contributed by atoms with Crippen LogP contribution in [0.25, 0.3) is 66.8 Å². The van der Waals surface area contributed by atoms with E-state index >= 15 is 0 Å². The van der Waals surface area contributed by atoms with Crippen molar-refractivity contribution in [2.45, 2.75) is 237 Å². The van der Waals surface area contributed by atoms with Gasteiger partial charge in [0.15, 0.2) is 0 Å². The van der Waals surface area contributed by atoms with Gasteiger partial charge in [0.2, 0.25) is 0 Å². The van der Waals surface area contributed by atoms with E-state index in [4.69, 9.17) is 0 Å². The van der Waals surface area contributed by atoms with Gasteiger partial charge < -0.3 is 0 Å². The second kappa shape index (κ2) is 28.3. The summed E-state index contributed by atoms with van der Waals surface area (Å²) in [7, 11) is 0. The lowest BCUT2D eigenvalue weighted by Gasteiger charge is -2.30. The van der Waals surface area contributed by atoms with E-state index in [1.807, 2.05) is 0 Å². The molecule has 9 aliphatic carbocycles. The molecule has 0 nitrogen and oxygen atoms in total. The van der Waals surface area contributed by atoms with E-state index in [2.05, 4.69) is 307 Å². The van der Waals surface area contributed by atoms with Gasteiger partial charge >= 0.3 is 0 Å². The van der Waals surface area contributed by atoms with Gasteiger partial charge in [-0.3, -0.25) is 0 Å². The Hall–Kier alpha value is -9.36. The highest BCUT2D eigenvalue weighted by Crippen LogP contribution is 2.61. The quantitative estimate of drug-likeness (QED) is 0.142. The van der Waals surface area contributed by atoms with Crippen LogP contribution in [0.4, 0.5) is 0 Å². The molecule has 0 heterocycles. The van der Waals surface area contributed by atoms with Crippen molar-refractivity contribution in [1.29, 1.82) is 0 Å². The van der Waals surface area contributed by atoms with Crippen molar-refractivity contribution in [1.82, 2.24) is 0 Å². The van der Waals surface area contributed by atoms with E-state index in [9.17, 15) is 0 Å². The fourth-order valence-electron chi connectivity index (χ4n) is 20.9. The molecule has 0 fully saturated rings. The van der Waals surface area contributed by atoms with Gasteiger partial charge in [0, 0.05) is 16.2 Å². The summed E-state index contributed by atoms with van der Waals surface area (Å²) in [6.45, 7) is 40.8. The van der Waals surface area contributed by atoms with E-state index in [0.717, 1.165) is 0 Å². The first-order valence-corrected chi connectivity index (χ1v) is 41.1. The minimum Gasteiger partial charge on any atom is -0.0587 e. The molecule has 12 aromatic rings. The summed E-state index contributed by atoms with van der Waals surface area (Å²) in [5.41, 5.74) is 63.0. The molecule has 0 aliphatic heterocycles. The van der Waals surface area contributed by atoms with Gasteiger partial charge in [-0.1, -0.05) is 290 Å². The van der Waals surface area contributed by atoms with Crippen molar-refractivity contribution >= 4 is 0 Å². The monoisotopic (exact) mass is 1410 g/mol. The number of benzene rings is 12. The second-order valence-corrected chi connectivity index (χ2v) is 36.0. The van der Waals surface area contributed by atoms with Crippen LogP contribution in [0, 0.1) is 83.1 Å². The molecule has 0 aromatic heterocycles. The van der Waals surface area contributed by atoms with Crippen molar-refractivity contribution in [3.63, 3.8) is 0 Å². The molecule has 0 amide bonds. The zero-order valence-electron chi connectivity index (χ0n) is 68.4. The first-order chi connectivity index (χ1) is 51.7. The maximum Gasteiger partial charge on any atom is 0.0159 e. The molecular formula is C108H114. The third-order valence-electron chi connectivity index (χ3n) is 26.1. The highest BCUT2D eigenvalue weighted by atomic mass is 14.5. The Morgan fingerprint density at radius 1 is 0.157 bits per heavy atom. The minimum atomic E-state index is 0.142. The maximum atomic E-state index is 2.41. The Kier molecular flexibility index (Phi) is 19.1. The smallest absolute Gasteiger partial charge is 0.0159 e. The van der Waals surface area contributed by atoms with E-state index in [0.29, 0.717) is 0 Å². The van der Waals surface area contributed by atoms with Crippen molar-refractivity contribution in [3.05, 3.63) is 349 Å². The molecule has 0 saturated carbocycles. The zero-order chi connectivity index (χ0) is 75.6. The number of rotatable bonds is 0. The lowest BCUT2D eigenvalue weighted by molar-refractivity contribution is 0.628. The molecule has 0 unspecified atom stereocenters. The molecule has 0 saturated heterocycles. The van der Waals surface area contributed by atoms with E-state index in [1.165, 1.54) is 263 Å². The topological polar surface area (TPSA) is 0 Å². The van der Waals surface area contributed by atoms with Gasteiger partial charge in [0.25, 0.3) is 0 Å². The molecule has 546 valence electrons. The molecule has 108 heavy (non-hydrogen) atoms. The average molecular weight is 1410 g/mol. The third-order valence-corrected chi connectivity index (χ3v) is 26.1. The number of aryl methyl sites for hydroxylation is 24. The molecule has 0 heteroatoms. The maximum absolute atomic E-state index is 2.41. The molecule has 0 spiro atoms. The fraction of sp³-hybridized carbons (Fsp3) is 0.333. The summed E-state index contributed by atoms with van der Waals surface area (Å²) >= 11 is 0. The Bertz CT molecular complexity index is 5190. The van der Waals surface area contributed by atoms with Crippen LogP contribution in [0.5, 0.6) is 0 Å². The van der Waals surface area contributed by atoms with Gasteiger partial charge in [-0.2, -0.15) is 0 Å². The highest BCUT2D eigenvalue weighted by molar-refractivity contribution is 5.93. The summed E-state index contributed by atoms with van der Waals surface area (Å²) in [5.74, 6) is 0. The molecule has 0 bridgehead atoms. The molecule has 0 radical (unpaired) electrons. The van der Waals surface area contributed by atoms with E-state index < -0.39 is 0 Å². The Morgan fingerprint density at radius 2 is 0.324 bits per heavy atom. The Labute approximate surface area is 648 Å². The summed E-state index contributed by atoms with van der Waals surface area (Å²) in [5, 5.41) is 0. The average Bonchev–Trinajstić information content (AvgIpc) is 1.51. The second-order valence-electron chi connectivity index (χ2n) is 36.0. The van der Waals surface area contributed by atoms with Gasteiger partial charge in [0.1, 0.15) is 0 Å². The van der Waals surface area contributed by atoms with Crippen molar-refractivity contribution in [3.8, 4) is 66.8 Å². The summed E-state index contributed by atoms with van der Waals surface area (Å²) < 4.78 is 0.